The van der Waals surface area contributed by atoms with E-state index in [0.717, 1.165) is 5.56 Å². The van der Waals surface area contributed by atoms with Crippen LogP contribution >= 0.6 is 11.8 Å². The number of guanidine groups is 1. The van der Waals surface area contributed by atoms with Crippen molar-refractivity contribution in [1.29, 1.82) is 0 Å². The Bertz CT molecular complexity index is 959. The van der Waals surface area contributed by atoms with Crippen molar-refractivity contribution in [2.24, 2.45) is 28.1 Å². The van der Waals surface area contributed by atoms with Gasteiger partial charge in [-0.15, -0.1) is 0 Å². The number of aliphatic carboxylic acids is 1. The summed E-state index contributed by atoms with van der Waals surface area (Å²) in [5.74, 6) is -2.65. The van der Waals surface area contributed by atoms with Gasteiger partial charge in [0.05, 0.1) is 6.04 Å². The lowest BCUT2D eigenvalue weighted by molar-refractivity contribution is -0.142. The molecule has 3 amide bonds. The highest BCUT2D eigenvalue weighted by molar-refractivity contribution is 7.98. The van der Waals surface area contributed by atoms with Crippen molar-refractivity contribution >= 4 is 41.4 Å². The molecule has 0 aliphatic rings. The van der Waals surface area contributed by atoms with Gasteiger partial charge in [-0.2, -0.15) is 11.8 Å². The lowest BCUT2D eigenvalue weighted by Gasteiger charge is -2.28. The van der Waals surface area contributed by atoms with Crippen LogP contribution in [0.5, 0.6) is 0 Å². The average Bonchev–Trinajstić information content (AvgIpc) is 2.90. The van der Waals surface area contributed by atoms with Crippen molar-refractivity contribution in [2.75, 3.05) is 18.6 Å². The fourth-order valence-electron chi connectivity index (χ4n) is 3.72. The molecule has 12 nitrogen and oxygen atoms in total. The molecule has 0 radical (unpaired) electrons. The lowest BCUT2D eigenvalue weighted by Crippen LogP contribution is -2.58. The van der Waals surface area contributed by atoms with Gasteiger partial charge in [0, 0.05) is 6.54 Å². The van der Waals surface area contributed by atoms with Crippen LogP contribution in [0.3, 0.4) is 0 Å². The number of carbonyl (C=O) groups is 4. The minimum atomic E-state index is -1.21. The fourth-order valence-corrected chi connectivity index (χ4v) is 4.19. The van der Waals surface area contributed by atoms with E-state index in [0.29, 0.717) is 25.0 Å². The molecule has 0 fully saturated rings. The minimum absolute atomic E-state index is 0.102. The Morgan fingerprint density at radius 3 is 2.18 bits per heavy atom. The zero-order chi connectivity index (χ0) is 29.4. The zero-order valence-corrected chi connectivity index (χ0v) is 23.7. The summed E-state index contributed by atoms with van der Waals surface area (Å²) in [5.41, 5.74) is 17.6. The van der Waals surface area contributed by atoms with Gasteiger partial charge in [0.15, 0.2) is 5.96 Å². The number of hydrogen-bond donors (Lipinski definition) is 7. The second-order valence-electron chi connectivity index (χ2n) is 9.36. The van der Waals surface area contributed by atoms with Crippen molar-refractivity contribution < 1.29 is 24.3 Å². The molecule has 0 aromatic heterocycles. The largest absolute Gasteiger partial charge is 0.480 e. The van der Waals surface area contributed by atoms with Crippen LogP contribution in [0.15, 0.2) is 35.3 Å². The first-order valence-electron chi connectivity index (χ1n) is 13.0. The lowest BCUT2D eigenvalue weighted by atomic mass is 9.96. The van der Waals surface area contributed by atoms with Gasteiger partial charge >= 0.3 is 5.97 Å². The topological polar surface area (TPSA) is 215 Å². The van der Waals surface area contributed by atoms with E-state index in [2.05, 4.69) is 20.9 Å². The summed E-state index contributed by atoms with van der Waals surface area (Å²) >= 11 is 1.48. The molecule has 13 heteroatoms. The van der Waals surface area contributed by atoms with Crippen LogP contribution in [0.1, 0.15) is 45.1 Å². The summed E-state index contributed by atoms with van der Waals surface area (Å²) in [6.07, 6.45) is 3.46. The number of carbonyl (C=O) groups excluding carboxylic acids is 3. The van der Waals surface area contributed by atoms with Crippen LogP contribution in [-0.2, 0) is 25.6 Å². The molecule has 1 rings (SSSR count). The maximum absolute atomic E-state index is 13.3. The van der Waals surface area contributed by atoms with E-state index in [1.807, 2.05) is 50.4 Å². The first-order chi connectivity index (χ1) is 18.5. The maximum Gasteiger partial charge on any atom is 0.326 e. The third-order valence-corrected chi connectivity index (χ3v) is 6.88. The van der Waals surface area contributed by atoms with E-state index < -0.39 is 47.9 Å². The molecule has 0 saturated carbocycles. The third-order valence-electron chi connectivity index (χ3n) is 6.23. The SMILES string of the molecule is CCC(C)C(NC(=O)C(N)Cc1ccccc1)C(=O)NC(CCSC)C(=O)NC(CCCN=C(N)N)C(=O)O. The van der Waals surface area contributed by atoms with E-state index in [1.54, 1.807) is 0 Å². The maximum atomic E-state index is 13.3. The van der Waals surface area contributed by atoms with Crippen LogP contribution in [0, 0.1) is 5.92 Å². The van der Waals surface area contributed by atoms with Crippen molar-refractivity contribution in [3.05, 3.63) is 35.9 Å². The Morgan fingerprint density at radius 2 is 1.62 bits per heavy atom. The highest BCUT2D eigenvalue weighted by Crippen LogP contribution is 2.11. The monoisotopic (exact) mass is 565 g/mol. The number of carboxylic acid groups (broad SMARTS) is 1. The predicted molar refractivity (Wildman–Crippen MR) is 154 cm³/mol. The van der Waals surface area contributed by atoms with Crippen LogP contribution in [0.2, 0.25) is 0 Å². The van der Waals surface area contributed by atoms with Gasteiger partial charge in [0.2, 0.25) is 17.7 Å². The highest BCUT2D eigenvalue weighted by atomic mass is 32.2. The Labute approximate surface area is 234 Å². The molecule has 218 valence electrons. The Morgan fingerprint density at radius 1 is 0.974 bits per heavy atom. The van der Waals surface area contributed by atoms with Crippen LogP contribution in [0.25, 0.3) is 0 Å². The summed E-state index contributed by atoms with van der Waals surface area (Å²) in [6.45, 7) is 3.93. The predicted octanol–water partition coefficient (Wildman–Crippen LogP) is -0.0518. The van der Waals surface area contributed by atoms with Crippen LogP contribution < -0.4 is 33.2 Å². The fraction of sp³-hybridized carbons (Fsp3) is 0.577. The van der Waals surface area contributed by atoms with Crippen molar-refractivity contribution in [1.82, 2.24) is 16.0 Å². The molecule has 0 heterocycles. The van der Waals surface area contributed by atoms with E-state index >= 15 is 0 Å². The third kappa shape index (κ3) is 12.9. The van der Waals surface area contributed by atoms with Gasteiger partial charge in [0.25, 0.3) is 0 Å². The number of nitrogens with zero attached hydrogens (tertiary/aromatic N) is 1. The summed E-state index contributed by atoms with van der Waals surface area (Å²) in [6, 6.07) is 5.35. The Balaban J connectivity index is 2.93. The summed E-state index contributed by atoms with van der Waals surface area (Å²) in [4.78, 5) is 54.8. The zero-order valence-electron chi connectivity index (χ0n) is 22.9. The number of amides is 3. The Kier molecular flexibility index (Phi) is 15.6. The highest BCUT2D eigenvalue weighted by Gasteiger charge is 2.32. The molecule has 5 atom stereocenters. The van der Waals surface area contributed by atoms with Gasteiger partial charge in [-0.05, 0) is 49.2 Å². The summed E-state index contributed by atoms with van der Waals surface area (Å²) < 4.78 is 0. The van der Waals surface area contributed by atoms with E-state index in [4.69, 9.17) is 17.2 Å². The van der Waals surface area contributed by atoms with Gasteiger partial charge in [-0.25, -0.2) is 4.79 Å². The molecule has 1 aromatic carbocycles. The molecule has 0 aliphatic carbocycles. The molecular weight excluding hydrogens is 522 g/mol. The van der Waals surface area contributed by atoms with E-state index in [-0.39, 0.29) is 31.3 Å². The summed E-state index contributed by atoms with van der Waals surface area (Å²) in [5, 5.41) is 17.5. The molecule has 0 spiro atoms. The van der Waals surface area contributed by atoms with Crippen LogP contribution in [-0.4, -0.2) is 77.5 Å². The number of hydrogen-bond acceptors (Lipinski definition) is 7. The summed E-state index contributed by atoms with van der Waals surface area (Å²) in [7, 11) is 0. The quantitative estimate of drug-likeness (QED) is 0.0720. The minimum Gasteiger partial charge on any atom is -0.480 e. The number of thioether (sulfide) groups is 1. The standard InChI is InChI=1S/C26H43N7O5S/c1-4-16(2)21(33-22(34)18(27)15-17-9-6-5-7-10-17)24(36)31-19(12-14-39-3)23(35)32-20(25(37)38)11-8-13-30-26(28)29/h5-7,9-10,16,18-21H,4,8,11-15,27H2,1-3H3,(H,31,36)(H,32,35)(H,33,34)(H,37,38)(H4,28,29,30). The molecule has 39 heavy (non-hydrogen) atoms. The van der Waals surface area contributed by atoms with Crippen molar-refractivity contribution in [3.63, 3.8) is 0 Å². The van der Waals surface area contributed by atoms with Gasteiger partial charge in [-0.3, -0.25) is 19.4 Å². The Hall–Kier alpha value is -3.32. The molecule has 0 saturated heterocycles. The first kappa shape index (κ1) is 33.7. The van der Waals surface area contributed by atoms with Gasteiger partial charge in [-0.1, -0.05) is 50.6 Å². The van der Waals surface area contributed by atoms with Crippen molar-refractivity contribution in [3.8, 4) is 0 Å². The molecule has 1 aromatic rings. The number of carboxylic acids is 1. The number of rotatable bonds is 18. The van der Waals surface area contributed by atoms with Gasteiger partial charge < -0.3 is 38.3 Å². The van der Waals surface area contributed by atoms with Gasteiger partial charge in [0.1, 0.15) is 18.1 Å². The molecule has 10 N–H and O–H groups in total. The van der Waals surface area contributed by atoms with E-state index in [9.17, 15) is 24.3 Å². The number of aliphatic imine (C=N–C) groups is 1. The molecule has 0 bridgehead atoms. The van der Waals surface area contributed by atoms with Crippen molar-refractivity contribution in [2.45, 2.75) is 70.1 Å². The molecule has 5 unspecified atom stereocenters. The average molecular weight is 566 g/mol. The smallest absolute Gasteiger partial charge is 0.326 e. The van der Waals surface area contributed by atoms with Crippen LogP contribution in [0.4, 0.5) is 0 Å². The number of nitrogens with one attached hydrogen (secondary N) is 3. The second-order valence-corrected chi connectivity index (χ2v) is 10.3. The molecular formula is C26H43N7O5S. The molecule has 0 aliphatic heterocycles. The number of nitrogens with two attached hydrogens (primary N) is 3. The number of benzene rings is 1. The normalized spacial score (nSPS) is 14.7. The first-order valence-corrected chi connectivity index (χ1v) is 14.4. The van der Waals surface area contributed by atoms with E-state index in [1.165, 1.54) is 11.8 Å². The second kappa shape index (κ2) is 18.1.